The zero-order valence-electron chi connectivity index (χ0n) is 12.1. The molecular weight excluding hydrogens is 280 g/mol. The number of benzene rings is 1. The fraction of sp³-hybridized carbons (Fsp3) is 0.250. The summed E-state index contributed by atoms with van der Waals surface area (Å²) in [7, 11) is 0. The number of amides is 1. The summed E-state index contributed by atoms with van der Waals surface area (Å²) in [6, 6.07) is 15.7. The van der Waals surface area contributed by atoms with Gasteiger partial charge in [-0.25, -0.2) is 9.78 Å². The van der Waals surface area contributed by atoms with Gasteiger partial charge in [0.15, 0.2) is 0 Å². The molecule has 22 heavy (non-hydrogen) atoms. The Morgan fingerprint density at radius 3 is 2.41 bits per heavy atom. The summed E-state index contributed by atoms with van der Waals surface area (Å²) in [4.78, 5) is 19.1. The Hall–Kier alpha value is -2.76. The van der Waals surface area contributed by atoms with E-state index < -0.39 is 6.09 Å². The molecule has 2 N–H and O–H groups in total. The third-order valence-corrected chi connectivity index (χ3v) is 3.65. The predicted molar refractivity (Wildman–Crippen MR) is 85.8 cm³/mol. The molecule has 114 valence electrons. The molecule has 0 spiro atoms. The zero-order valence-corrected chi connectivity index (χ0v) is 12.1. The molecule has 2 heterocycles. The van der Waals surface area contributed by atoms with Gasteiger partial charge in [-0.3, -0.25) is 0 Å². The molecule has 0 unspecified atom stereocenters. The van der Waals surface area contributed by atoms with Gasteiger partial charge < -0.3 is 20.2 Å². The lowest BCUT2D eigenvalue weighted by molar-refractivity contribution is 0.142. The van der Waals surface area contributed by atoms with Crippen LogP contribution in [0.2, 0.25) is 0 Å². The van der Waals surface area contributed by atoms with Crippen molar-refractivity contribution in [1.82, 2.24) is 9.88 Å². The summed E-state index contributed by atoms with van der Waals surface area (Å²) < 4.78 is 0. The molecule has 0 radical (unpaired) electrons. The third kappa shape index (κ3) is 3.28. The zero-order chi connectivity index (χ0) is 15.4. The summed E-state index contributed by atoms with van der Waals surface area (Å²) in [5.41, 5.74) is 0.989. The lowest BCUT2D eigenvalue weighted by Crippen LogP contribution is -2.48. The maximum absolute atomic E-state index is 10.9. The Morgan fingerprint density at radius 2 is 1.73 bits per heavy atom. The molecular formula is C16H18N4O2. The fourth-order valence-electron chi connectivity index (χ4n) is 2.47. The van der Waals surface area contributed by atoms with E-state index in [2.05, 4.69) is 15.2 Å². The molecule has 0 aliphatic carbocycles. The normalized spacial score (nSPS) is 14.7. The second-order valence-electron chi connectivity index (χ2n) is 5.13. The van der Waals surface area contributed by atoms with Crippen molar-refractivity contribution in [3.8, 4) is 0 Å². The number of nitrogens with one attached hydrogen (secondary N) is 1. The second kappa shape index (κ2) is 6.34. The van der Waals surface area contributed by atoms with Gasteiger partial charge in [0.2, 0.25) is 0 Å². The van der Waals surface area contributed by atoms with Crippen molar-refractivity contribution in [1.29, 1.82) is 0 Å². The van der Waals surface area contributed by atoms with Gasteiger partial charge in [0.25, 0.3) is 0 Å². The number of hydrogen-bond donors (Lipinski definition) is 2. The first-order valence-corrected chi connectivity index (χ1v) is 7.24. The van der Waals surface area contributed by atoms with Crippen LogP contribution in [0.4, 0.5) is 22.1 Å². The summed E-state index contributed by atoms with van der Waals surface area (Å²) >= 11 is 0. The SMILES string of the molecule is O=C(O)N1CCN(c2cccc(Nc3ccccc3)n2)CC1. The van der Waals surface area contributed by atoms with Crippen LogP contribution in [-0.4, -0.2) is 47.3 Å². The predicted octanol–water partition coefficient (Wildman–Crippen LogP) is 2.63. The highest BCUT2D eigenvalue weighted by atomic mass is 16.4. The number of carbonyl (C=O) groups is 1. The van der Waals surface area contributed by atoms with E-state index in [9.17, 15) is 4.79 Å². The summed E-state index contributed by atoms with van der Waals surface area (Å²) in [6.07, 6.45) is -0.855. The first kappa shape index (κ1) is 14.2. The maximum Gasteiger partial charge on any atom is 0.407 e. The monoisotopic (exact) mass is 298 g/mol. The van der Waals surface area contributed by atoms with Gasteiger partial charge in [0.05, 0.1) is 0 Å². The Morgan fingerprint density at radius 1 is 1.00 bits per heavy atom. The van der Waals surface area contributed by atoms with Crippen LogP contribution >= 0.6 is 0 Å². The fourth-order valence-corrected chi connectivity index (χ4v) is 2.47. The van der Waals surface area contributed by atoms with Crippen molar-refractivity contribution in [3.05, 3.63) is 48.5 Å². The highest BCUT2D eigenvalue weighted by Gasteiger charge is 2.21. The molecule has 3 rings (SSSR count). The van der Waals surface area contributed by atoms with Crippen LogP contribution in [0.1, 0.15) is 0 Å². The summed E-state index contributed by atoms with van der Waals surface area (Å²) in [5.74, 6) is 1.65. The number of anilines is 3. The van der Waals surface area contributed by atoms with Crippen LogP contribution in [0.5, 0.6) is 0 Å². The van der Waals surface area contributed by atoms with Crippen molar-refractivity contribution >= 4 is 23.4 Å². The lowest BCUT2D eigenvalue weighted by atomic mass is 10.3. The van der Waals surface area contributed by atoms with E-state index in [1.54, 1.807) is 0 Å². The van der Waals surface area contributed by atoms with E-state index in [-0.39, 0.29) is 0 Å². The minimum atomic E-state index is -0.855. The highest BCUT2D eigenvalue weighted by molar-refractivity contribution is 5.65. The number of pyridine rings is 1. The molecule has 0 atom stereocenters. The second-order valence-corrected chi connectivity index (χ2v) is 5.13. The molecule has 1 aliphatic heterocycles. The van der Waals surface area contributed by atoms with E-state index in [4.69, 9.17) is 5.11 Å². The van der Waals surface area contributed by atoms with E-state index in [0.717, 1.165) is 17.3 Å². The van der Waals surface area contributed by atoms with Gasteiger partial charge in [-0.2, -0.15) is 0 Å². The number of para-hydroxylation sites is 1. The molecule has 0 saturated carbocycles. The Bertz CT molecular complexity index is 640. The molecule has 1 amide bonds. The van der Waals surface area contributed by atoms with Gasteiger partial charge in [-0.05, 0) is 24.3 Å². The molecule has 1 aromatic carbocycles. The smallest absolute Gasteiger partial charge is 0.407 e. The van der Waals surface area contributed by atoms with Crippen LogP contribution in [0.3, 0.4) is 0 Å². The number of carboxylic acid groups (broad SMARTS) is 1. The summed E-state index contributed by atoms with van der Waals surface area (Å²) in [6.45, 7) is 2.34. The van der Waals surface area contributed by atoms with Gasteiger partial charge in [-0.15, -0.1) is 0 Å². The molecule has 2 aromatic rings. The Kier molecular flexibility index (Phi) is 4.09. The van der Waals surface area contributed by atoms with Crippen LogP contribution < -0.4 is 10.2 Å². The van der Waals surface area contributed by atoms with Crippen molar-refractivity contribution in [3.63, 3.8) is 0 Å². The molecule has 6 nitrogen and oxygen atoms in total. The molecule has 1 fully saturated rings. The van der Waals surface area contributed by atoms with Crippen LogP contribution in [0, 0.1) is 0 Å². The third-order valence-electron chi connectivity index (χ3n) is 3.65. The number of hydrogen-bond acceptors (Lipinski definition) is 4. The lowest BCUT2D eigenvalue weighted by Gasteiger charge is -2.33. The van der Waals surface area contributed by atoms with Gasteiger partial charge in [0, 0.05) is 31.9 Å². The number of aromatic nitrogens is 1. The van der Waals surface area contributed by atoms with E-state index in [1.165, 1.54) is 4.90 Å². The first-order valence-electron chi connectivity index (χ1n) is 7.24. The van der Waals surface area contributed by atoms with Crippen LogP contribution in [-0.2, 0) is 0 Å². The van der Waals surface area contributed by atoms with E-state index in [0.29, 0.717) is 26.2 Å². The van der Waals surface area contributed by atoms with E-state index >= 15 is 0 Å². The van der Waals surface area contributed by atoms with Gasteiger partial charge in [-0.1, -0.05) is 24.3 Å². The standard InChI is InChI=1S/C16H18N4O2/c21-16(22)20-11-9-19(10-12-20)15-8-4-7-14(18-15)17-13-5-2-1-3-6-13/h1-8H,9-12H2,(H,17,18)(H,21,22). The van der Waals surface area contributed by atoms with Gasteiger partial charge >= 0.3 is 6.09 Å². The average molecular weight is 298 g/mol. The Balaban J connectivity index is 1.68. The first-order chi connectivity index (χ1) is 10.7. The Labute approximate surface area is 129 Å². The number of nitrogens with zero attached hydrogens (tertiary/aromatic N) is 3. The van der Waals surface area contributed by atoms with E-state index in [1.807, 2.05) is 48.5 Å². The van der Waals surface area contributed by atoms with Crippen molar-refractivity contribution in [2.75, 3.05) is 36.4 Å². The van der Waals surface area contributed by atoms with Crippen LogP contribution in [0.15, 0.2) is 48.5 Å². The topological polar surface area (TPSA) is 68.7 Å². The van der Waals surface area contributed by atoms with Crippen LogP contribution in [0.25, 0.3) is 0 Å². The van der Waals surface area contributed by atoms with Gasteiger partial charge in [0.1, 0.15) is 11.6 Å². The molecule has 1 aromatic heterocycles. The van der Waals surface area contributed by atoms with Crippen molar-refractivity contribution < 1.29 is 9.90 Å². The highest BCUT2D eigenvalue weighted by Crippen LogP contribution is 2.19. The molecule has 1 aliphatic rings. The molecule has 6 heteroatoms. The maximum atomic E-state index is 10.9. The number of piperazine rings is 1. The van der Waals surface area contributed by atoms with Crippen molar-refractivity contribution in [2.24, 2.45) is 0 Å². The minimum absolute atomic E-state index is 0.507. The molecule has 0 bridgehead atoms. The number of rotatable bonds is 3. The average Bonchev–Trinajstić information content (AvgIpc) is 2.56. The molecule has 1 saturated heterocycles. The quantitative estimate of drug-likeness (QED) is 0.911. The summed E-state index contributed by atoms with van der Waals surface area (Å²) in [5, 5.41) is 12.3. The largest absolute Gasteiger partial charge is 0.465 e. The minimum Gasteiger partial charge on any atom is -0.465 e. The van der Waals surface area contributed by atoms with Crippen molar-refractivity contribution in [2.45, 2.75) is 0 Å².